The topological polar surface area (TPSA) is 12.0 Å². The molecule has 0 saturated heterocycles. The van der Waals surface area contributed by atoms with Gasteiger partial charge < -0.3 is 5.32 Å². The molecule has 1 N–H and O–H groups in total. The average molecular weight is 278 g/mol. The van der Waals surface area contributed by atoms with Crippen LogP contribution in [0, 0.1) is 11.8 Å². The van der Waals surface area contributed by atoms with Gasteiger partial charge in [-0.3, -0.25) is 0 Å². The Hall–Kier alpha value is -0.790. The van der Waals surface area contributed by atoms with E-state index >= 15 is 0 Å². The molecule has 0 aliphatic heterocycles. The minimum absolute atomic E-state index is 0.361. The maximum absolute atomic E-state index is 6.04. The molecule has 0 saturated carbocycles. The number of allylic oxidation sites excluding steroid dienone is 2. The van der Waals surface area contributed by atoms with Crippen molar-refractivity contribution < 1.29 is 0 Å². The van der Waals surface area contributed by atoms with E-state index in [1.54, 1.807) is 5.57 Å². The van der Waals surface area contributed by atoms with E-state index in [9.17, 15) is 0 Å². The zero-order chi connectivity index (χ0) is 13.8. The first kappa shape index (κ1) is 14.6. The predicted octanol–water partition coefficient (Wildman–Crippen LogP) is 4.98. The van der Waals surface area contributed by atoms with Gasteiger partial charge in [0.1, 0.15) is 0 Å². The van der Waals surface area contributed by atoms with Gasteiger partial charge in [-0.25, -0.2) is 0 Å². The van der Waals surface area contributed by atoms with Crippen molar-refractivity contribution >= 4 is 11.6 Å². The number of rotatable bonds is 4. The monoisotopic (exact) mass is 277 g/mol. The summed E-state index contributed by atoms with van der Waals surface area (Å²) >= 11 is 6.04. The molecule has 0 amide bonds. The van der Waals surface area contributed by atoms with Crippen LogP contribution in [0.5, 0.6) is 0 Å². The van der Waals surface area contributed by atoms with Gasteiger partial charge in [-0.15, -0.1) is 0 Å². The summed E-state index contributed by atoms with van der Waals surface area (Å²) in [7, 11) is 0. The molecule has 1 nitrogen and oxygen atoms in total. The van der Waals surface area contributed by atoms with Gasteiger partial charge in [0.05, 0.1) is 0 Å². The third-order valence-corrected chi connectivity index (χ3v) is 4.18. The van der Waals surface area contributed by atoms with Gasteiger partial charge in [-0.2, -0.15) is 0 Å². The largest absolute Gasteiger partial charge is 0.310 e. The van der Waals surface area contributed by atoms with Crippen LogP contribution in [0.4, 0.5) is 0 Å². The quantitative estimate of drug-likeness (QED) is 0.765. The lowest BCUT2D eigenvalue weighted by Gasteiger charge is -2.27. The molecule has 1 aromatic rings. The summed E-state index contributed by atoms with van der Waals surface area (Å²) < 4.78 is 0. The molecule has 19 heavy (non-hydrogen) atoms. The lowest BCUT2D eigenvalue weighted by molar-refractivity contribution is 0.367. The second kappa shape index (κ2) is 6.58. The maximum Gasteiger partial charge on any atom is 0.0409 e. The van der Waals surface area contributed by atoms with E-state index in [2.05, 4.69) is 38.2 Å². The normalized spacial score (nSPS) is 24.9. The van der Waals surface area contributed by atoms with Gasteiger partial charge in [0, 0.05) is 11.1 Å². The summed E-state index contributed by atoms with van der Waals surface area (Å²) in [6.45, 7) is 7.86. The molecular formula is C17H24ClN. The van der Waals surface area contributed by atoms with Gasteiger partial charge in [-0.1, -0.05) is 42.3 Å². The van der Waals surface area contributed by atoms with Crippen LogP contribution in [-0.4, -0.2) is 6.54 Å². The Kier molecular flexibility index (Phi) is 5.06. The third-order valence-electron chi connectivity index (χ3n) is 3.95. The highest BCUT2D eigenvalue weighted by Gasteiger charge is 2.18. The molecule has 0 heterocycles. The van der Waals surface area contributed by atoms with Gasteiger partial charge >= 0.3 is 0 Å². The third kappa shape index (κ3) is 4.36. The van der Waals surface area contributed by atoms with Crippen LogP contribution in [0.25, 0.3) is 0 Å². The number of hydrogen-bond acceptors (Lipinski definition) is 1. The fraction of sp³-hybridized carbons (Fsp3) is 0.529. The first-order valence-corrected chi connectivity index (χ1v) is 7.58. The van der Waals surface area contributed by atoms with Crippen LogP contribution in [0.2, 0.25) is 5.02 Å². The van der Waals surface area contributed by atoms with E-state index in [1.165, 1.54) is 18.4 Å². The zero-order valence-corrected chi connectivity index (χ0v) is 12.9. The molecule has 0 fully saturated rings. The Labute approximate surface area is 122 Å². The smallest absolute Gasteiger partial charge is 0.0409 e. The van der Waals surface area contributed by atoms with Crippen LogP contribution in [-0.2, 0) is 0 Å². The van der Waals surface area contributed by atoms with Crippen molar-refractivity contribution in [1.29, 1.82) is 0 Å². The number of hydrogen-bond donors (Lipinski definition) is 1. The summed E-state index contributed by atoms with van der Waals surface area (Å²) in [5, 5.41) is 4.47. The molecule has 0 aromatic heterocycles. The first-order valence-electron chi connectivity index (χ1n) is 7.20. The van der Waals surface area contributed by atoms with Crippen molar-refractivity contribution in [1.82, 2.24) is 5.32 Å². The maximum atomic E-state index is 6.04. The van der Waals surface area contributed by atoms with E-state index in [-0.39, 0.29) is 0 Å². The van der Waals surface area contributed by atoms with Gasteiger partial charge in [0.25, 0.3) is 0 Å². The molecule has 2 heteroatoms. The van der Waals surface area contributed by atoms with Gasteiger partial charge in [-0.05, 0) is 62.8 Å². The Balaban J connectivity index is 1.87. The Morgan fingerprint density at radius 3 is 2.89 bits per heavy atom. The molecule has 3 unspecified atom stereocenters. The van der Waals surface area contributed by atoms with E-state index in [1.807, 2.05) is 18.2 Å². The lowest BCUT2D eigenvalue weighted by Crippen LogP contribution is -2.28. The molecular weight excluding hydrogens is 254 g/mol. The van der Waals surface area contributed by atoms with Crippen LogP contribution in [0.15, 0.2) is 35.9 Å². The molecule has 2 rings (SSSR count). The molecule has 104 valence electrons. The van der Waals surface area contributed by atoms with Crippen molar-refractivity contribution in [2.24, 2.45) is 11.8 Å². The van der Waals surface area contributed by atoms with Gasteiger partial charge in [0.15, 0.2) is 0 Å². The minimum atomic E-state index is 0.361. The van der Waals surface area contributed by atoms with Crippen molar-refractivity contribution in [2.45, 2.75) is 39.7 Å². The lowest BCUT2D eigenvalue weighted by atomic mass is 9.83. The molecule has 1 aromatic carbocycles. The summed E-state index contributed by atoms with van der Waals surface area (Å²) in [5.74, 6) is 1.49. The molecule has 0 radical (unpaired) electrons. The number of nitrogens with one attached hydrogen (secondary N) is 1. The zero-order valence-electron chi connectivity index (χ0n) is 12.1. The average Bonchev–Trinajstić information content (AvgIpc) is 2.35. The van der Waals surface area contributed by atoms with Crippen LogP contribution < -0.4 is 5.32 Å². The fourth-order valence-electron chi connectivity index (χ4n) is 3.08. The van der Waals surface area contributed by atoms with Crippen LogP contribution in [0.1, 0.15) is 45.2 Å². The molecule has 1 aliphatic rings. The highest BCUT2D eigenvalue weighted by molar-refractivity contribution is 6.30. The fourth-order valence-corrected chi connectivity index (χ4v) is 3.28. The number of benzene rings is 1. The number of halogens is 1. The van der Waals surface area contributed by atoms with Crippen LogP contribution in [0.3, 0.4) is 0 Å². The summed E-state index contributed by atoms with van der Waals surface area (Å²) in [4.78, 5) is 0. The second-order valence-electron chi connectivity index (χ2n) is 5.98. The highest BCUT2D eigenvalue weighted by atomic mass is 35.5. The summed E-state index contributed by atoms with van der Waals surface area (Å²) in [6, 6.07) is 8.49. The van der Waals surface area contributed by atoms with Crippen molar-refractivity contribution in [2.75, 3.05) is 6.54 Å². The van der Waals surface area contributed by atoms with Crippen LogP contribution >= 0.6 is 11.6 Å². The molecule has 0 spiro atoms. The summed E-state index contributed by atoms with van der Waals surface area (Å²) in [5.41, 5.74) is 2.81. The standard InChI is InChI=1S/C17H24ClN/c1-12-7-13(2)9-15(8-12)11-19-14(3)16-5-4-6-17(18)10-16/h4-7,10,12,14-15,19H,8-9,11H2,1-3H3. The van der Waals surface area contributed by atoms with Gasteiger partial charge in [0.2, 0.25) is 0 Å². The van der Waals surface area contributed by atoms with Crippen molar-refractivity contribution in [3.05, 3.63) is 46.5 Å². The van der Waals surface area contributed by atoms with E-state index in [4.69, 9.17) is 11.6 Å². The first-order chi connectivity index (χ1) is 9.04. The molecule has 3 atom stereocenters. The summed E-state index contributed by atoms with van der Waals surface area (Å²) in [6.07, 6.45) is 4.95. The van der Waals surface area contributed by atoms with E-state index < -0.39 is 0 Å². The van der Waals surface area contributed by atoms with E-state index in [0.717, 1.165) is 23.4 Å². The Bertz CT molecular complexity index is 452. The van der Waals surface area contributed by atoms with Crippen molar-refractivity contribution in [3.8, 4) is 0 Å². The Morgan fingerprint density at radius 2 is 2.21 bits per heavy atom. The molecule has 0 bridgehead atoms. The predicted molar refractivity (Wildman–Crippen MR) is 83.5 cm³/mol. The van der Waals surface area contributed by atoms with Crippen molar-refractivity contribution in [3.63, 3.8) is 0 Å². The minimum Gasteiger partial charge on any atom is -0.310 e. The van der Waals surface area contributed by atoms with E-state index in [0.29, 0.717) is 6.04 Å². The molecule has 1 aliphatic carbocycles. The SMILES string of the molecule is CC1=CC(C)CC(CNC(C)c2cccc(Cl)c2)C1. The highest BCUT2D eigenvalue weighted by Crippen LogP contribution is 2.28. The Morgan fingerprint density at radius 1 is 1.42 bits per heavy atom. The second-order valence-corrected chi connectivity index (χ2v) is 6.42.